The molecule has 1 fully saturated rings. The van der Waals surface area contributed by atoms with Crippen LogP contribution in [0.1, 0.15) is 37.3 Å². The average Bonchev–Trinajstić information content (AvgIpc) is 3.30. The summed E-state index contributed by atoms with van der Waals surface area (Å²) in [5.74, 6) is 0.900. The molecular formula is C23H25N5O2. The Bertz CT molecular complexity index is 1010. The lowest BCUT2D eigenvalue weighted by Gasteiger charge is -2.31. The summed E-state index contributed by atoms with van der Waals surface area (Å²) in [6.45, 7) is 0.455. The van der Waals surface area contributed by atoms with Gasteiger partial charge in [0.2, 0.25) is 5.91 Å². The minimum atomic E-state index is -0.113. The molecule has 2 aromatic heterocycles. The first-order valence-corrected chi connectivity index (χ1v) is 10.6. The molecule has 1 aromatic carbocycles. The maximum Gasteiger partial charge on any atom is 0.227 e. The summed E-state index contributed by atoms with van der Waals surface area (Å²) in [4.78, 5) is 21.2. The van der Waals surface area contributed by atoms with Crippen LogP contribution in [0.3, 0.4) is 0 Å². The van der Waals surface area contributed by atoms with Crippen molar-refractivity contribution in [1.29, 1.82) is 0 Å². The third kappa shape index (κ3) is 3.92. The summed E-state index contributed by atoms with van der Waals surface area (Å²) in [5.41, 5.74) is 2.93. The van der Waals surface area contributed by atoms with Crippen molar-refractivity contribution in [3.05, 3.63) is 60.8 Å². The van der Waals surface area contributed by atoms with Gasteiger partial charge in [0, 0.05) is 30.2 Å². The van der Waals surface area contributed by atoms with Gasteiger partial charge in [-0.2, -0.15) is 5.10 Å². The number of fused-ring (bicyclic) bond motifs is 1. The van der Waals surface area contributed by atoms with E-state index < -0.39 is 0 Å². The second-order valence-corrected chi connectivity index (χ2v) is 8.13. The fraction of sp³-hybridized carbons (Fsp3) is 0.391. The quantitative estimate of drug-likeness (QED) is 0.723. The SMILES string of the molecule is O=C(NC1CCC(n2cc(-c3cnccn3)cn2)CC1)C1COc2ccccc2C1. The van der Waals surface area contributed by atoms with E-state index in [4.69, 9.17) is 4.74 Å². The van der Waals surface area contributed by atoms with Crippen LogP contribution in [0.2, 0.25) is 0 Å². The van der Waals surface area contributed by atoms with Crippen LogP contribution in [-0.4, -0.2) is 38.3 Å². The minimum absolute atomic E-state index is 0.108. The molecule has 1 aliphatic heterocycles. The molecule has 0 spiro atoms. The Labute approximate surface area is 175 Å². The van der Waals surface area contributed by atoms with Crippen LogP contribution in [0.5, 0.6) is 5.75 Å². The first-order valence-electron chi connectivity index (χ1n) is 10.6. The number of hydrogen-bond donors (Lipinski definition) is 1. The fourth-order valence-corrected chi connectivity index (χ4v) is 4.42. The Hall–Kier alpha value is -3.22. The molecule has 0 bridgehead atoms. The van der Waals surface area contributed by atoms with Gasteiger partial charge in [-0.1, -0.05) is 18.2 Å². The Morgan fingerprint density at radius 3 is 2.80 bits per heavy atom. The number of carbonyl (C=O) groups excluding carboxylic acids is 1. The molecule has 5 rings (SSSR count). The Balaban J connectivity index is 1.14. The standard InChI is InChI=1S/C23H25N5O2/c29-23(17-11-16-3-1-2-4-22(16)30-15-17)27-19-5-7-20(8-6-19)28-14-18(12-26-28)21-13-24-9-10-25-21/h1-4,9-10,12-14,17,19-20H,5-8,11,15H2,(H,27,29). The van der Waals surface area contributed by atoms with Crippen LogP contribution in [-0.2, 0) is 11.2 Å². The molecule has 7 heteroatoms. The number of rotatable bonds is 4. The Kier molecular flexibility index (Phi) is 5.17. The Morgan fingerprint density at radius 2 is 1.97 bits per heavy atom. The van der Waals surface area contributed by atoms with Crippen molar-refractivity contribution < 1.29 is 9.53 Å². The first kappa shape index (κ1) is 18.8. The van der Waals surface area contributed by atoms with Gasteiger partial charge in [-0.15, -0.1) is 0 Å². The van der Waals surface area contributed by atoms with E-state index in [-0.39, 0.29) is 17.9 Å². The lowest BCUT2D eigenvalue weighted by molar-refractivity contribution is -0.127. The van der Waals surface area contributed by atoms with Crippen molar-refractivity contribution in [1.82, 2.24) is 25.1 Å². The zero-order valence-electron chi connectivity index (χ0n) is 16.8. The maximum absolute atomic E-state index is 12.8. The summed E-state index contributed by atoms with van der Waals surface area (Å²) >= 11 is 0. The number of carbonyl (C=O) groups is 1. The third-order valence-electron chi connectivity index (χ3n) is 6.13. The van der Waals surface area contributed by atoms with E-state index >= 15 is 0 Å². The molecule has 1 unspecified atom stereocenters. The summed E-state index contributed by atoms with van der Waals surface area (Å²) in [6.07, 6.45) is 13.7. The van der Waals surface area contributed by atoms with Crippen molar-refractivity contribution >= 4 is 5.91 Å². The van der Waals surface area contributed by atoms with Crippen molar-refractivity contribution in [2.45, 2.75) is 44.2 Å². The molecule has 3 heterocycles. The van der Waals surface area contributed by atoms with Crippen molar-refractivity contribution in [3.8, 4) is 17.0 Å². The number of benzene rings is 1. The average molecular weight is 403 g/mol. The molecule has 1 N–H and O–H groups in total. The molecule has 154 valence electrons. The number of ether oxygens (including phenoxy) is 1. The van der Waals surface area contributed by atoms with E-state index in [1.807, 2.05) is 41.3 Å². The summed E-state index contributed by atoms with van der Waals surface area (Å²) < 4.78 is 7.81. The summed E-state index contributed by atoms with van der Waals surface area (Å²) in [5, 5.41) is 7.80. The predicted molar refractivity (Wildman–Crippen MR) is 112 cm³/mol. The summed E-state index contributed by atoms with van der Waals surface area (Å²) in [6, 6.07) is 8.55. The molecule has 1 saturated carbocycles. The summed E-state index contributed by atoms with van der Waals surface area (Å²) in [7, 11) is 0. The predicted octanol–water partition coefficient (Wildman–Crippen LogP) is 3.19. The minimum Gasteiger partial charge on any atom is -0.492 e. The van der Waals surface area contributed by atoms with Crippen LogP contribution in [0.15, 0.2) is 55.2 Å². The van der Waals surface area contributed by atoms with Gasteiger partial charge in [-0.05, 0) is 43.7 Å². The topological polar surface area (TPSA) is 81.9 Å². The van der Waals surface area contributed by atoms with Gasteiger partial charge in [0.15, 0.2) is 0 Å². The lowest BCUT2D eigenvalue weighted by atomic mass is 9.90. The van der Waals surface area contributed by atoms with E-state index in [0.717, 1.165) is 54.7 Å². The van der Waals surface area contributed by atoms with Crippen molar-refractivity contribution in [2.75, 3.05) is 6.61 Å². The number of hydrogen-bond acceptors (Lipinski definition) is 5. The highest BCUT2D eigenvalue weighted by Crippen LogP contribution is 2.30. The van der Waals surface area contributed by atoms with Gasteiger partial charge in [-0.3, -0.25) is 19.4 Å². The molecule has 2 aliphatic rings. The number of nitrogens with one attached hydrogen (secondary N) is 1. The van der Waals surface area contributed by atoms with Crippen molar-refractivity contribution in [2.24, 2.45) is 5.92 Å². The van der Waals surface area contributed by atoms with Gasteiger partial charge in [-0.25, -0.2) is 0 Å². The van der Waals surface area contributed by atoms with Gasteiger partial charge in [0.1, 0.15) is 12.4 Å². The largest absolute Gasteiger partial charge is 0.492 e. The van der Waals surface area contributed by atoms with Crippen molar-refractivity contribution in [3.63, 3.8) is 0 Å². The number of aromatic nitrogens is 4. The zero-order chi connectivity index (χ0) is 20.3. The number of nitrogens with zero attached hydrogens (tertiary/aromatic N) is 4. The number of amides is 1. The normalized spacial score (nSPS) is 23.3. The van der Waals surface area contributed by atoms with Crippen LogP contribution < -0.4 is 10.1 Å². The van der Waals surface area contributed by atoms with E-state index in [0.29, 0.717) is 12.6 Å². The number of para-hydroxylation sites is 1. The highest BCUT2D eigenvalue weighted by atomic mass is 16.5. The van der Waals surface area contributed by atoms with E-state index in [9.17, 15) is 4.79 Å². The van der Waals surface area contributed by atoms with Gasteiger partial charge >= 0.3 is 0 Å². The van der Waals surface area contributed by atoms with Gasteiger partial charge < -0.3 is 10.1 Å². The molecule has 7 nitrogen and oxygen atoms in total. The molecular weight excluding hydrogens is 378 g/mol. The third-order valence-corrected chi connectivity index (χ3v) is 6.13. The van der Waals surface area contributed by atoms with Crippen LogP contribution in [0.4, 0.5) is 0 Å². The fourth-order valence-electron chi connectivity index (χ4n) is 4.42. The molecule has 0 radical (unpaired) electrons. The van der Waals surface area contributed by atoms with Crippen LogP contribution >= 0.6 is 0 Å². The van der Waals surface area contributed by atoms with E-state index in [1.165, 1.54) is 0 Å². The van der Waals surface area contributed by atoms with E-state index in [1.54, 1.807) is 18.6 Å². The first-order chi connectivity index (χ1) is 14.8. The lowest BCUT2D eigenvalue weighted by Crippen LogP contribution is -2.44. The molecule has 3 aromatic rings. The smallest absolute Gasteiger partial charge is 0.227 e. The van der Waals surface area contributed by atoms with Gasteiger partial charge in [0.25, 0.3) is 0 Å². The van der Waals surface area contributed by atoms with Crippen LogP contribution in [0, 0.1) is 5.92 Å². The molecule has 1 aliphatic carbocycles. The van der Waals surface area contributed by atoms with E-state index in [2.05, 4.69) is 20.4 Å². The molecule has 1 amide bonds. The second-order valence-electron chi connectivity index (χ2n) is 8.13. The maximum atomic E-state index is 12.8. The highest BCUT2D eigenvalue weighted by molar-refractivity contribution is 5.80. The zero-order valence-corrected chi connectivity index (χ0v) is 16.8. The molecule has 30 heavy (non-hydrogen) atoms. The monoisotopic (exact) mass is 403 g/mol. The van der Waals surface area contributed by atoms with Gasteiger partial charge in [0.05, 0.1) is 30.0 Å². The Morgan fingerprint density at radius 1 is 1.10 bits per heavy atom. The molecule has 0 saturated heterocycles. The second kappa shape index (κ2) is 8.26. The van der Waals surface area contributed by atoms with Crippen LogP contribution in [0.25, 0.3) is 11.3 Å². The molecule has 1 atom stereocenters. The highest BCUT2D eigenvalue weighted by Gasteiger charge is 2.29.